The number of benzene rings is 1. The lowest BCUT2D eigenvalue weighted by Gasteiger charge is -1.87. The van der Waals surface area contributed by atoms with Crippen LogP contribution in [0.1, 0.15) is 0 Å². The summed E-state index contributed by atoms with van der Waals surface area (Å²) in [6.07, 6.45) is 1.62. The van der Waals surface area contributed by atoms with Crippen LogP contribution in [0.3, 0.4) is 0 Å². The van der Waals surface area contributed by atoms with Crippen LogP contribution >= 0.6 is 0 Å². The molecule has 0 amide bonds. The number of furan rings is 1. The van der Waals surface area contributed by atoms with Crippen molar-refractivity contribution in [2.75, 3.05) is 0 Å². The van der Waals surface area contributed by atoms with Crippen LogP contribution in [-0.2, 0) is 0 Å². The van der Waals surface area contributed by atoms with Gasteiger partial charge in [-0.15, -0.1) is 0 Å². The van der Waals surface area contributed by atoms with Crippen LogP contribution in [0.2, 0.25) is 0 Å². The number of hydrogen-bond donors (Lipinski definition) is 0. The van der Waals surface area contributed by atoms with Gasteiger partial charge >= 0.3 is 0 Å². The van der Waals surface area contributed by atoms with Gasteiger partial charge < -0.3 is 4.42 Å². The lowest BCUT2D eigenvalue weighted by Crippen LogP contribution is -1.61. The minimum Gasteiger partial charge on any atom is -0.464 e. The molecule has 0 aliphatic rings. The van der Waals surface area contributed by atoms with E-state index in [0.29, 0.717) is 5.69 Å². The van der Waals surface area contributed by atoms with Gasteiger partial charge in [0.05, 0.1) is 12.8 Å². The molecule has 0 N–H and O–H groups in total. The third kappa shape index (κ3) is 0.870. The molecule has 11 heavy (non-hydrogen) atoms. The van der Waals surface area contributed by atoms with Crippen molar-refractivity contribution < 1.29 is 4.42 Å². The first-order valence-corrected chi connectivity index (χ1v) is 3.25. The number of fused-ring (bicyclic) bond motifs is 1. The van der Waals surface area contributed by atoms with Crippen LogP contribution in [0, 0.1) is 6.57 Å². The monoisotopic (exact) mass is 143 g/mol. The highest BCUT2D eigenvalue weighted by Gasteiger charge is 1.96. The Labute approximate surface area is 63.9 Å². The molecule has 2 nitrogen and oxygen atoms in total. The van der Waals surface area contributed by atoms with E-state index >= 15 is 0 Å². The normalized spacial score (nSPS) is 9.73. The molecule has 0 saturated heterocycles. The Hall–Kier alpha value is -1.75. The minimum atomic E-state index is 0.652. The fraction of sp³-hybridized carbons (Fsp3) is 0. The molecule has 0 fully saturated rings. The SMILES string of the molecule is [C-]#[N+]c1ccc2occc2c1. The molecule has 2 aromatic rings. The quantitative estimate of drug-likeness (QED) is 0.518. The topological polar surface area (TPSA) is 17.5 Å². The summed E-state index contributed by atoms with van der Waals surface area (Å²) in [5.74, 6) is 0. The van der Waals surface area contributed by atoms with Gasteiger partial charge in [0, 0.05) is 5.39 Å². The Morgan fingerprint density at radius 1 is 1.27 bits per heavy atom. The third-order valence-corrected chi connectivity index (χ3v) is 1.57. The van der Waals surface area contributed by atoms with Crippen LogP contribution in [0.4, 0.5) is 5.69 Å². The van der Waals surface area contributed by atoms with Gasteiger partial charge in [-0.3, -0.25) is 0 Å². The molecule has 1 heterocycles. The largest absolute Gasteiger partial charge is 0.464 e. The molecular weight excluding hydrogens is 138 g/mol. The maximum absolute atomic E-state index is 6.77. The highest BCUT2D eigenvalue weighted by Crippen LogP contribution is 2.21. The molecule has 0 aliphatic heterocycles. The average Bonchev–Trinajstić information content (AvgIpc) is 2.50. The Kier molecular flexibility index (Phi) is 1.16. The van der Waals surface area contributed by atoms with Crippen molar-refractivity contribution in [2.45, 2.75) is 0 Å². The van der Waals surface area contributed by atoms with Gasteiger partial charge in [-0.05, 0) is 18.2 Å². The summed E-state index contributed by atoms with van der Waals surface area (Å²) in [5, 5.41) is 0.985. The molecule has 0 radical (unpaired) electrons. The molecule has 1 aromatic heterocycles. The molecule has 52 valence electrons. The molecule has 0 saturated carbocycles. The predicted octanol–water partition coefficient (Wildman–Crippen LogP) is 2.98. The fourth-order valence-electron chi connectivity index (χ4n) is 1.02. The molecule has 0 atom stereocenters. The summed E-state index contributed by atoms with van der Waals surface area (Å²) >= 11 is 0. The van der Waals surface area contributed by atoms with E-state index in [2.05, 4.69) is 4.85 Å². The van der Waals surface area contributed by atoms with E-state index in [1.165, 1.54) is 0 Å². The second kappa shape index (κ2) is 2.14. The van der Waals surface area contributed by atoms with E-state index in [1.807, 2.05) is 18.2 Å². The van der Waals surface area contributed by atoms with Gasteiger partial charge in [-0.25, -0.2) is 4.85 Å². The van der Waals surface area contributed by atoms with Gasteiger partial charge in [-0.2, -0.15) is 0 Å². The molecule has 0 aliphatic carbocycles. The maximum atomic E-state index is 6.77. The van der Waals surface area contributed by atoms with Crippen LogP contribution in [-0.4, -0.2) is 0 Å². The molecule has 2 rings (SSSR count). The fourth-order valence-corrected chi connectivity index (χ4v) is 1.02. The summed E-state index contributed by atoms with van der Waals surface area (Å²) in [6.45, 7) is 6.77. The van der Waals surface area contributed by atoms with Gasteiger partial charge in [0.1, 0.15) is 5.58 Å². The van der Waals surface area contributed by atoms with Crippen LogP contribution in [0.5, 0.6) is 0 Å². The van der Waals surface area contributed by atoms with Crippen molar-refractivity contribution in [1.82, 2.24) is 0 Å². The van der Waals surface area contributed by atoms with Crippen LogP contribution < -0.4 is 0 Å². The van der Waals surface area contributed by atoms with E-state index in [4.69, 9.17) is 11.0 Å². The summed E-state index contributed by atoms with van der Waals surface area (Å²) in [6, 6.07) is 7.22. The molecule has 0 spiro atoms. The van der Waals surface area contributed by atoms with Gasteiger partial charge in [0.15, 0.2) is 5.69 Å². The molecule has 0 unspecified atom stereocenters. The summed E-state index contributed by atoms with van der Waals surface area (Å²) in [5.41, 5.74) is 1.48. The molecular formula is C9H5NO. The highest BCUT2D eigenvalue weighted by atomic mass is 16.3. The van der Waals surface area contributed by atoms with E-state index in [-0.39, 0.29) is 0 Å². The summed E-state index contributed by atoms with van der Waals surface area (Å²) in [4.78, 5) is 3.31. The van der Waals surface area contributed by atoms with Crippen molar-refractivity contribution in [2.24, 2.45) is 0 Å². The number of rotatable bonds is 0. The first-order valence-electron chi connectivity index (χ1n) is 3.25. The Bertz CT molecular complexity index is 422. The van der Waals surface area contributed by atoms with Gasteiger partial charge in [0.2, 0.25) is 0 Å². The van der Waals surface area contributed by atoms with Gasteiger partial charge in [0.25, 0.3) is 0 Å². The zero-order chi connectivity index (χ0) is 7.68. The number of nitrogens with zero attached hydrogens (tertiary/aromatic N) is 1. The smallest absolute Gasteiger partial charge is 0.188 e. The van der Waals surface area contributed by atoms with Crippen molar-refractivity contribution in [3.8, 4) is 0 Å². The van der Waals surface area contributed by atoms with Gasteiger partial charge in [-0.1, -0.05) is 6.07 Å². The third-order valence-electron chi connectivity index (χ3n) is 1.57. The zero-order valence-electron chi connectivity index (χ0n) is 5.74. The number of hydrogen-bond acceptors (Lipinski definition) is 1. The van der Waals surface area contributed by atoms with Crippen LogP contribution in [0.15, 0.2) is 34.9 Å². The standard InChI is InChI=1S/C9H5NO/c1-10-8-2-3-9-7(6-8)4-5-11-9/h2-6H. The van der Waals surface area contributed by atoms with E-state index in [0.717, 1.165) is 11.0 Å². The highest BCUT2D eigenvalue weighted by molar-refractivity contribution is 5.81. The first-order chi connectivity index (χ1) is 5.40. The Balaban J connectivity index is 2.79. The second-order valence-electron chi connectivity index (χ2n) is 2.25. The predicted molar refractivity (Wildman–Crippen MR) is 42.5 cm³/mol. The zero-order valence-corrected chi connectivity index (χ0v) is 5.74. The lowest BCUT2D eigenvalue weighted by molar-refractivity contribution is 0.616. The molecule has 2 heteroatoms. The molecule has 0 bridgehead atoms. The van der Waals surface area contributed by atoms with Crippen molar-refractivity contribution in [3.63, 3.8) is 0 Å². The van der Waals surface area contributed by atoms with Crippen molar-refractivity contribution >= 4 is 16.7 Å². The van der Waals surface area contributed by atoms with Crippen LogP contribution in [0.25, 0.3) is 15.8 Å². The average molecular weight is 143 g/mol. The van der Waals surface area contributed by atoms with E-state index in [1.54, 1.807) is 12.3 Å². The maximum Gasteiger partial charge on any atom is 0.188 e. The molecule has 1 aromatic carbocycles. The Morgan fingerprint density at radius 3 is 3.00 bits per heavy atom. The second-order valence-corrected chi connectivity index (χ2v) is 2.25. The minimum absolute atomic E-state index is 0.652. The lowest BCUT2D eigenvalue weighted by atomic mass is 10.2. The Morgan fingerprint density at radius 2 is 2.18 bits per heavy atom. The first kappa shape index (κ1) is 5.99. The van der Waals surface area contributed by atoms with Crippen molar-refractivity contribution in [3.05, 3.63) is 41.9 Å². The van der Waals surface area contributed by atoms with E-state index in [9.17, 15) is 0 Å². The summed E-state index contributed by atoms with van der Waals surface area (Å²) in [7, 11) is 0. The summed E-state index contributed by atoms with van der Waals surface area (Å²) < 4.78 is 5.11. The van der Waals surface area contributed by atoms with Crippen molar-refractivity contribution in [1.29, 1.82) is 0 Å². The van der Waals surface area contributed by atoms with E-state index < -0.39 is 0 Å².